The molecule has 1 saturated carbocycles. The fourth-order valence-corrected chi connectivity index (χ4v) is 3.57. The van der Waals surface area contributed by atoms with Crippen molar-refractivity contribution < 1.29 is 14.7 Å². The molecule has 1 aromatic carbocycles. The zero-order valence-corrected chi connectivity index (χ0v) is 12.1. The molecule has 2 aliphatic rings. The topological polar surface area (TPSA) is 66.4 Å². The van der Waals surface area contributed by atoms with Gasteiger partial charge in [0.25, 0.3) is 0 Å². The molecule has 1 fully saturated rings. The maximum atomic E-state index is 12.3. The van der Waals surface area contributed by atoms with Crippen molar-refractivity contribution in [2.24, 2.45) is 5.41 Å². The van der Waals surface area contributed by atoms with Gasteiger partial charge >= 0.3 is 5.97 Å². The lowest BCUT2D eigenvalue weighted by Crippen LogP contribution is -2.46. The summed E-state index contributed by atoms with van der Waals surface area (Å²) in [7, 11) is 0. The standard InChI is InChI=1S/C17H21NO3/c19-15(14-10-12-6-2-3-7-13(12)14)18-11-17(16(20)21)8-4-1-5-9-17/h2-3,6-7,14H,1,4-5,8-11H2,(H,18,19)(H,20,21). The van der Waals surface area contributed by atoms with Crippen LogP contribution in [0.25, 0.3) is 0 Å². The van der Waals surface area contributed by atoms with Gasteiger partial charge in [-0.05, 0) is 30.4 Å². The van der Waals surface area contributed by atoms with Crippen LogP contribution in [-0.2, 0) is 16.0 Å². The van der Waals surface area contributed by atoms with Crippen LogP contribution in [0.1, 0.15) is 49.1 Å². The summed E-state index contributed by atoms with van der Waals surface area (Å²) in [5, 5.41) is 12.4. The minimum absolute atomic E-state index is 0.0279. The molecule has 4 heteroatoms. The van der Waals surface area contributed by atoms with Gasteiger partial charge in [0.2, 0.25) is 5.91 Å². The van der Waals surface area contributed by atoms with E-state index in [1.54, 1.807) is 0 Å². The van der Waals surface area contributed by atoms with Crippen LogP contribution in [0.5, 0.6) is 0 Å². The third kappa shape index (κ3) is 2.55. The smallest absolute Gasteiger partial charge is 0.311 e. The highest BCUT2D eigenvalue weighted by Gasteiger charge is 2.41. The molecule has 2 N–H and O–H groups in total. The molecule has 1 atom stereocenters. The molecular formula is C17H21NO3. The molecule has 1 amide bonds. The van der Waals surface area contributed by atoms with Crippen molar-refractivity contribution in [2.45, 2.75) is 44.4 Å². The summed E-state index contributed by atoms with van der Waals surface area (Å²) in [5.41, 5.74) is 1.56. The van der Waals surface area contributed by atoms with Crippen LogP contribution in [0.2, 0.25) is 0 Å². The molecule has 0 bridgehead atoms. The number of fused-ring (bicyclic) bond motifs is 1. The molecular weight excluding hydrogens is 266 g/mol. The lowest BCUT2D eigenvalue weighted by molar-refractivity contribution is -0.151. The molecule has 0 radical (unpaired) electrons. The monoisotopic (exact) mass is 287 g/mol. The molecule has 0 saturated heterocycles. The third-order valence-electron chi connectivity index (χ3n) is 5.04. The lowest BCUT2D eigenvalue weighted by atomic mass is 9.73. The van der Waals surface area contributed by atoms with Gasteiger partial charge in [0.1, 0.15) is 0 Å². The van der Waals surface area contributed by atoms with Crippen molar-refractivity contribution in [3.63, 3.8) is 0 Å². The van der Waals surface area contributed by atoms with E-state index in [0.29, 0.717) is 12.8 Å². The predicted molar refractivity (Wildman–Crippen MR) is 79.1 cm³/mol. The maximum Gasteiger partial charge on any atom is 0.311 e. The van der Waals surface area contributed by atoms with E-state index < -0.39 is 11.4 Å². The van der Waals surface area contributed by atoms with E-state index in [1.165, 1.54) is 5.56 Å². The number of aliphatic carboxylic acids is 1. The highest BCUT2D eigenvalue weighted by molar-refractivity contribution is 5.87. The first-order chi connectivity index (χ1) is 10.1. The number of carbonyl (C=O) groups excluding carboxylic acids is 1. The summed E-state index contributed by atoms with van der Waals surface area (Å²) < 4.78 is 0. The van der Waals surface area contributed by atoms with Gasteiger partial charge in [-0.25, -0.2) is 0 Å². The molecule has 2 aliphatic carbocycles. The molecule has 0 heterocycles. The summed E-state index contributed by atoms with van der Waals surface area (Å²) >= 11 is 0. The molecule has 3 rings (SSSR count). The minimum atomic E-state index is -0.767. The number of hydrogen-bond acceptors (Lipinski definition) is 2. The largest absolute Gasteiger partial charge is 0.481 e. The van der Waals surface area contributed by atoms with Gasteiger partial charge in [-0.15, -0.1) is 0 Å². The van der Waals surface area contributed by atoms with Crippen molar-refractivity contribution in [2.75, 3.05) is 6.54 Å². The Morgan fingerprint density at radius 2 is 1.90 bits per heavy atom. The van der Waals surface area contributed by atoms with Crippen molar-refractivity contribution in [3.8, 4) is 0 Å². The fourth-order valence-electron chi connectivity index (χ4n) is 3.57. The Labute approximate surface area is 124 Å². The van der Waals surface area contributed by atoms with Crippen molar-refractivity contribution in [3.05, 3.63) is 35.4 Å². The minimum Gasteiger partial charge on any atom is -0.481 e. The number of carbonyl (C=O) groups is 2. The first kappa shape index (κ1) is 14.1. The van der Waals surface area contributed by atoms with Gasteiger partial charge in [0.05, 0.1) is 11.3 Å². The van der Waals surface area contributed by atoms with E-state index in [0.717, 1.165) is 31.2 Å². The number of nitrogens with one attached hydrogen (secondary N) is 1. The SMILES string of the molecule is O=C(NCC1(C(=O)O)CCCCC1)C1Cc2ccccc21. The Morgan fingerprint density at radius 3 is 2.57 bits per heavy atom. The predicted octanol–water partition coefficient (Wildman–Crippen LogP) is 2.48. The van der Waals surface area contributed by atoms with Gasteiger partial charge in [-0.3, -0.25) is 9.59 Å². The molecule has 1 aromatic rings. The number of hydrogen-bond donors (Lipinski definition) is 2. The van der Waals surface area contributed by atoms with Gasteiger partial charge < -0.3 is 10.4 Å². The fraction of sp³-hybridized carbons (Fsp3) is 0.529. The Bertz CT molecular complexity index is 561. The average Bonchev–Trinajstić information content (AvgIpc) is 2.47. The van der Waals surface area contributed by atoms with Crippen LogP contribution in [0.15, 0.2) is 24.3 Å². The van der Waals surface area contributed by atoms with Crippen molar-refractivity contribution in [1.82, 2.24) is 5.32 Å². The molecule has 4 nitrogen and oxygen atoms in total. The Balaban J connectivity index is 1.62. The van der Waals surface area contributed by atoms with Crippen LogP contribution in [0, 0.1) is 5.41 Å². The van der Waals surface area contributed by atoms with E-state index in [9.17, 15) is 14.7 Å². The highest BCUT2D eigenvalue weighted by atomic mass is 16.4. The average molecular weight is 287 g/mol. The van der Waals surface area contributed by atoms with Crippen LogP contribution in [-0.4, -0.2) is 23.5 Å². The van der Waals surface area contributed by atoms with Gasteiger partial charge in [-0.2, -0.15) is 0 Å². The summed E-state index contributed by atoms with van der Waals surface area (Å²) in [4.78, 5) is 23.9. The van der Waals surface area contributed by atoms with Crippen molar-refractivity contribution in [1.29, 1.82) is 0 Å². The van der Waals surface area contributed by atoms with Gasteiger partial charge in [0.15, 0.2) is 0 Å². The summed E-state index contributed by atoms with van der Waals surface area (Å²) in [5.74, 6) is -0.896. The van der Waals surface area contributed by atoms with Crippen LogP contribution in [0.4, 0.5) is 0 Å². The van der Waals surface area contributed by atoms with Gasteiger partial charge in [-0.1, -0.05) is 43.5 Å². The molecule has 1 unspecified atom stereocenters. The summed E-state index contributed by atoms with van der Waals surface area (Å²) in [6.07, 6.45) is 5.08. The molecule has 0 spiro atoms. The lowest BCUT2D eigenvalue weighted by Gasteiger charge is -2.35. The number of rotatable bonds is 4. The van der Waals surface area contributed by atoms with Gasteiger partial charge in [0, 0.05) is 6.54 Å². The number of benzene rings is 1. The van der Waals surface area contributed by atoms with E-state index in [1.807, 2.05) is 24.3 Å². The second-order valence-electron chi connectivity index (χ2n) is 6.32. The van der Waals surface area contributed by atoms with Crippen LogP contribution >= 0.6 is 0 Å². The Kier molecular flexibility index (Phi) is 3.70. The molecule has 0 aromatic heterocycles. The molecule has 0 aliphatic heterocycles. The zero-order chi connectivity index (χ0) is 14.9. The summed E-state index contributed by atoms with van der Waals surface area (Å²) in [6, 6.07) is 7.95. The second kappa shape index (κ2) is 5.51. The first-order valence-electron chi connectivity index (χ1n) is 7.71. The van der Waals surface area contributed by atoms with E-state index >= 15 is 0 Å². The van der Waals surface area contributed by atoms with E-state index in [2.05, 4.69) is 5.32 Å². The van der Waals surface area contributed by atoms with Crippen LogP contribution in [0.3, 0.4) is 0 Å². The zero-order valence-electron chi connectivity index (χ0n) is 12.1. The quantitative estimate of drug-likeness (QED) is 0.894. The second-order valence-corrected chi connectivity index (χ2v) is 6.32. The Hall–Kier alpha value is -1.84. The summed E-state index contributed by atoms with van der Waals surface area (Å²) in [6.45, 7) is 0.264. The van der Waals surface area contributed by atoms with E-state index in [4.69, 9.17) is 0 Å². The number of amides is 1. The third-order valence-corrected chi connectivity index (χ3v) is 5.04. The first-order valence-corrected chi connectivity index (χ1v) is 7.71. The highest BCUT2D eigenvalue weighted by Crippen LogP contribution is 2.37. The molecule has 21 heavy (non-hydrogen) atoms. The van der Waals surface area contributed by atoms with Crippen LogP contribution < -0.4 is 5.32 Å². The van der Waals surface area contributed by atoms with Crippen molar-refractivity contribution >= 4 is 11.9 Å². The van der Waals surface area contributed by atoms with E-state index in [-0.39, 0.29) is 18.4 Å². The number of carboxylic acids is 1. The maximum absolute atomic E-state index is 12.3. The normalized spacial score (nSPS) is 22.8. The molecule has 112 valence electrons. The Morgan fingerprint density at radius 1 is 1.19 bits per heavy atom. The number of carboxylic acid groups (broad SMARTS) is 1.